The Morgan fingerprint density at radius 3 is 2.33 bits per heavy atom. The molecule has 52 valence electrons. The van der Waals surface area contributed by atoms with Crippen LogP contribution < -0.4 is 0 Å². The minimum absolute atomic E-state index is 0.556. The summed E-state index contributed by atoms with van der Waals surface area (Å²) in [4.78, 5) is 1.68. The summed E-state index contributed by atoms with van der Waals surface area (Å²) in [7, 11) is -4.40. The highest BCUT2D eigenvalue weighted by Gasteiger charge is 2.12. The Labute approximate surface area is 53.0 Å². The Bertz CT molecular complexity index is 217. The molecule has 3 nitrogen and oxygen atoms in total. The van der Waals surface area contributed by atoms with Gasteiger partial charge in [0.1, 0.15) is 0 Å². The van der Waals surface area contributed by atoms with Crippen LogP contribution >= 0.6 is 0 Å². The van der Waals surface area contributed by atoms with Gasteiger partial charge < -0.3 is 4.90 Å². The summed E-state index contributed by atoms with van der Waals surface area (Å²) >= 11 is 0. The Balaban J connectivity index is 2.48. The van der Waals surface area contributed by atoms with Crippen LogP contribution in [-0.2, 0) is 10.2 Å². The van der Waals surface area contributed by atoms with E-state index in [2.05, 4.69) is 0 Å². The van der Waals surface area contributed by atoms with Crippen molar-refractivity contribution in [2.24, 2.45) is 0 Å². The van der Waals surface area contributed by atoms with E-state index in [4.69, 9.17) is 0 Å². The van der Waals surface area contributed by atoms with Crippen molar-refractivity contribution in [2.75, 3.05) is 13.1 Å². The molecular weight excluding hydrogens is 145 g/mol. The van der Waals surface area contributed by atoms with Crippen molar-refractivity contribution in [3.63, 3.8) is 0 Å². The van der Waals surface area contributed by atoms with Gasteiger partial charge in [-0.15, -0.1) is 3.89 Å². The van der Waals surface area contributed by atoms with Crippen LogP contribution in [0, 0.1) is 0 Å². The third-order valence-corrected chi connectivity index (χ3v) is 1.36. The smallest absolute Gasteiger partial charge is 0.326 e. The molecule has 1 rings (SSSR count). The second kappa shape index (κ2) is 1.98. The van der Waals surface area contributed by atoms with E-state index in [1.807, 2.05) is 0 Å². The highest BCUT2D eigenvalue weighted by molar-refractivity contribution is 7.89. The van der Waals surface area contributed by atoms with Gasteiger partial charge in [0.05, 0.1) is 5.41 Å². The van der Waals surface area contributed by atoms with E-state index in [1.165, 1.54) is 6.20 Å². The van der Waals surface area contributed by atoms with Gasteiger partial charge in [-0.25, -0.2) is 0 Å². The van der Waals surface area contributed by atoms with E-state index in [-0.39, 0.29) is 0 Å². The zero-order valence-corrected chi connectivity index (χ0v) is 5.44. The fraction of sp³-hybridized carbons (Fsp3) is 0.500. The average molecular weight is 151 g/mol. The van der Waals surface area contributed by atoms with Crippen LogP contribution in [0.2, 0.25) is 0 Å². The van der Waals surface area contributed by atoms with Gasteiger partial charge in [0.2, 0.25) is 0 Å². The van der Waals surface area contributed by atoms with Crippen molar-refractivity contribution >= 4 is 10.2 Å². The zero-order chi connectivity index (χ0) is 6.91. The van der Waals surface area contributed by atoms with Crippen molar-refractivity contribution in [3.8, 4) is 0 Å². The number of rotatable bonds is 2. The summed E-state index contributed by atoms with van der Waals surface area (Å²) in [6.07, 6.45) is 1.23. The Hall–Kier alpha value is -0.580. The lowest BCUT2D eigenvalue weighted by atomic mass is 11.0. The van der Waals surface area contributed by atoms with Crippen molar-refractivity contribution in [1.82, 2.24) is 4.90 Å². The summed E-state index contributed by atoms with van der Waals surface area (Å²) < 4.78 is 31.2. The predicted molar refractivity (Wildman–Crippen MR) is 30.7 cm³/mol. The summed E-state index contributed by atoms with van der Waals surface area (Å²) in [6.45, 7) is 1.65. The first-order chi connectivity index (χ1) is 4.08. The molecule has 5 heteroatoms. The molecule has 1 heterocycles. The molecule has 0 unspecified atom stereocenters. The first kappa shape index (κ1) is 6.54. The molecule has 0 amide bonds. The van der Waals surface area contributed by atoms with E-state index in [1.54, 1.807) is 4.90 Å². The van der Waals surface area contributed by atoms with E-state index < -0.39 is 10.2 Å². The molecule has 0 aromatic carbocycles. The Kier molecular flexibility index (Phi) is 1.44. The third-order valence-electron chi connectivity index (χ3n) is 0.916. The quantitative estimate of drug-likeness (QED) is 0.414. The Morgan fingerprint density at radius 2 is 2.00 bits per heavy atom. The van der Waals surface area contributed by atoms with E-state index in [9.17, 15) is 12.3 Å². The van der Waals surface area contributed by atoms with Crippen molar-refractivity contribution in [2.45, 2.75) is 0 Å². The van der Waals surface area contributed by atoms with Crippen LogP contribution in [-0.4, -0.2) is 26.4 Å². The maximum absolute atomic E-state index is 11.6. The second-order valence-corrected chi connectivity index (χ2v) is 3.02. The maximum atomic E-state index is 11.6. The summed E-state index contributed by atoms with van der Waals surface area (Å²) in [5.41, 5.74) is 0. The molecule has 0 saturated carbocycles. The van der Waals surface area contributed by atoms with Gasteiger partial charge in [-0.3, -0.25) is 0 Å². The van der Waals surface area contributed by atoms with Crippen molar-refractivity contribution in [3.05, 3.63) is 11.6 Å². The van der Waals surface area contributed by atoms with E-state index in [0.717, 1.165) is 13.1 Å². The lowest BCUT2D eigenvalue weighted by Crippen LogP contribution is -1.85. The number of hydrogen-bond donors (Lipinski definition) is 0. The molecule has 1 fully saturated rings. The highest BCUT2D eigenvalue weighted by atomic mass is 32.3. The highest BCUT2D eigenvalue weighted by Crippen LogP contribution is 2.05. The van der Waals surface area contributed by atoms with Crippen LogP contribution in [0.1, 0.15) is 0 Å². The molecule has 0 N–H and O–H groups in total. The van der Waals surface area contributed by atoms with Crippen LogP contribution in [0.5, 0.6) is 0 Å². The first-order valence-corrected chi connectivity index (χ1v) is 3.89. The first-order valence-electron chi connectivity index (χ1n) is 2.45. The van der Waals surface area contributed by atoms with Gasteiger partial charge >= 0.3 is 10.2 Å². The van der Waals surface area contributed by atoms with Crippen molar-refractivity contribution in [1.29, 1.82) is 0 Å². The van der Waals surface area contributed by atoms with E-state index >= 15 is 0 Å². The molecule has 0 bridgehead atoms. The SMILES string of the molecule is O=S(=O)(F)C=CN1CC1. The van der Waals surface area contributed by atoms with Crippen LogP contribution in [0.3, 0.4) is 0 Å². The molecule has 0 radical (unpaired) electrons. The fourth-order valence-corrected chi connectivity index (χ4v) is 0.683. The zero-order valence-electron chi connectivity index (χ0n) is 4.62. The predicted octanol–water partition coefficient (Wildman–Crippen LogP) is 0.0725. The Morgan fingerprint density at radius 1 is 1.44 bits per heavy atom. The third kappa shape index (κ3) is 3.07. The second-order valence-electron chi connectivity index (χ2n) is 1.80. The molecule has 0 aromatic heterocycles. The topological polar surface area (TPSA) is 37.1 Å². The van der Waals surface area contributed by atoms with Gasteiger partial charge in [0, 0.05) is 19.3 Å². The molecule has 0 spiro atoms. The molecular formula is C4H6FNO2S. The fourth-order valence-electron chi connectivity index (χ4n) is 0.366. The summed E-state index contributed by atoms with van der Waals surface area (Å²) in [5, 5.41) is 0.556. The number of halogens is 1. The summed E-state index contributed by atoms with van der Waals surface area (Å²) in [5.74, 6) is 0. The minimum Gasteiger partial charge on any atom is -0.373 e. The standard InChI is InChI=1S/C4H6FNO2S/c5-9(7,8)4-3-6-1-2-6/h3-4H,1-2H2. The van der Waals surface area contributed by atoms with Crippen LogP contribution in [0.15, 0.2) is 11.6 Å². The maximum Gasteiger partial charge on any atom is 0.326 e. The molecule has 0 atom stereocenters. The number of nitrogens with zero attached hydrogens (tertiary/aromatic N) is 1. The molecule has 1 aliphatic rings. The minimum atomic E-state index is -4.40. The van der Waals surface area contributed by atoms with Gasteiger partial charge in [0.25, 0.3) is 0 Å². The normalized spacial score (nSPS) is 19.0. The van der Waals surface area contributed by atoms with Crippen LogP contribution in [0.4, 0.5) is 3.89 Å². The van der Waals surface area contributed by atoms with Gasteiger partial charge in [-0.2, -0.15) is 8.42 Å². The largest absolute Gasteiger partial charge is 0.373 e. The van der Waals surface area contributed by atoms with Gasteiger partial charge in [-0.05, 0) is 0 Å². The number of hydrogen-bond acceptors (Lipinski definition) is 3. The van der Waals surface area contributed by atoms with E-state index in [0.29, 0.717) is 5.41 Å². The molecule has 1 saturated heterocycles. The van der Waals surface area contributed by atoms with Crippen molar-refractivity contribution < 1.29 is 12.3 Å². The van der Waals surface area contributed by atoms with Gasteiger partial charge in [0.15, 0.2) is 0 Å². The summed E-state index contributed by atoms with van der Waals surface area (Å²) in [6, 6.07) is 0. The monoisotopic (exact) mass is 151 g/mol. The average Bonchev–Trinajstić information content (AvgIpc) is 2.38. The molecule has 0 aliphatic carbocycles. The lowest BCUT2D eigenvalue weighted by molar-refractivity contribution is 0.562. The molecule has 1 aliphatic heterocycles. The lowest BCUT2D eigenvalue weighted by Gasteiger charge is -1.84. The van der Waals surface area contributed by atoms with Gasteiger partial charge in [-0.1, -0.05) is 0 Å². The molecule has 9 heavy (non-hydrogen) atoms. The van der Waals surface area contributed by atoms with Crippen LogP contribution in [0.25, 0.3) is 0 Å². The molecule has 0 aromatic rings.